The van der Waals surface area contributed by atoms with Crippen LogP contribution in [0.2, 0.25) is 0 Å². The Bertz CT molecular complexity index is 860. The first-order valence-corrected chi connectivity index (χ1v) is 7.08. The Labute approximate surface area is 127 Å². The summed E-state index contributed by atoms with van der Waals surface area (Å²) >= 11 is 0. The zero-order chi connectivity index (χ0) is 15.7. The van der Waals surface area contributed by atoms with Crippen molar-refractivity contribution in [2.45, 2.75) is 13.3 Å². The van der Waals surface area contributed by atoms with Gasteiger partial charge in [0.2, 0.25) is 5.91 Å². The first kappa shape index (κ1) is 14.1. The van der Waals surface area contributed by atoms with Gasteiger partial charge in [0.05, 0.1) is 11.1 Å². The average Bonchev–Trinajstić information content (AvgIpc) is 2.97. The number of nitrogens with zero attached hydrogens (tertiary/aromatic N) is 1. The molecule has 0 bridgehead atoms. The van der Waals surface area contributed by atoms with Crippen LogP contribution in [0.1, 0.15) is 28.5 Å². The van der Waals surface area contributed by atoms with E-state index in [1.54, 1.807) is 35.0 Å². The monoisotopic (exact) mass is 293 g/mol. The molecule has 22 heavy (non-hydrogen) atoms. The predicted molar refractivity (Wildman–Crippen MR) is 85.3 cm³/mol. The van der Waals surface area contributed by atoms with Crippen LogP contribution in [0.25, 0.3) is 22.0 Å². The number of hydrogen-bond donors (Lipinski definition) is 1. The number of fused-ring (bicyclic) bond motifs is 1. The van der Waals surface area contributed by atoms with E-state index < -0.39 is 5.97 Å². The van der Waals surface area contributed by atoms with Gasteiger partial charge in [-0.2, -0.15) is 0 Å². The quantitative estimate of drug-likeness (QED) is 0.792. The normalized spacial score (nSPS) is 10.8. The fraction of sp³-hybridized carbons (Fsp3) is 0.111. The summed E-state index contributed by atoms with van der Waals surface area (Å²) in [5, 5.41) is 9.92. The van der Waals surface area contributed by atoms with Gasteiger partial charge in [0, 0.05) is 18.0 Å². The van der Waals surface area contributed by atoms with E-state index in [1.165, 1.54) is 0 Å². The van der Waals surface area contributed by atoms with Crippen LogP contribution in [-0.2, 0) is 0 Å². The zero-order valence-electron chi connectivity index (χ0n) is 12.1. The van der Waals surface area contributed by atoms with E-state index in [-0.39, 0.29) is 11.5 Å². The van der Waals surface area contributed by atoms with Crippen LogP contribution in [0.5, 0.6) is 0 Å². The Morgan fingerprint density at radius 1 is 1.00 bits per heavy atom. The van der Waals surface area contributed by atoms with E-state index >= 15 is 0 Å². The van der Waals surface area contributed by atoms with Crippen LogP contribution in [0, 0.1) is 0 Å². The first-order chi connectivity index (χ1) is 10.6. The zero-order valence-corrected chi connectivity index (χ0v) is 12.1. The number of carbonyl (C=O) groups excluding carboxylic acids is 1. The van der Waals surface area contributed by atoms with Gasteiger partial charge >= 0.3 is 5.97 Å². The third-order valence-electron chi connectivity index (χ3n) is 3.73. The van der Waals surface area contributed by atoms with Crippen molar-refractivity contribution in [2.24, 2.45) is 0 Å². The molecule has 1 aromatic heterocycles. The van der Waals surface area contributed by atoms with E-state index in [4.69, 9.17) is 5.11 Å². The molecule has 0 amide bonds. The third-order valence-corrected chi connectivity index (χ3v) is 3.73. The van der Waals surface area contributed by atoms with Gasteiger partial charge < -0.3 is 5.11 Å². The molecule has 4 heteroatoms. The summed E-state index contributed by atoms with van der Waals surface area (Å²) in [6, 6.07) is 14.5. The number of aromatic carboxylic acids is 1. The lowest BCUT2D eigenvalue weighted by molar-refractivity contribution is 0.0696. The largest absolute Gasteiger partial charge is 0.478 e. The predicted octanol–water partition coefficient (Wildman–Crippen LogP) is 4.06. The van der Waals surface area contributed by atoms with Crippen molar-refractivity contribution in [2.75, 3.05) is 0 Å². The minimum absolute atomic E-state index is 0.0635. The maximum Gasteiger partial charge on any atom is 0.335 e. The molecule has 0 aliphatic heterocycles. The maximum atomic E-state index is 11.9. The smallest absolute Gasteiger partial charge is 0.335 e. The van der Waals surface area contributed by atoms with Gasteiger partial charge in [-0.15, -0.1) is 0 Å². The molecule has 3 aromatic rings. The minimum atomic E-state index is -0.933. The summed E-state index contributed by atoms with van der Waals surface area (Å²) in [7, 11) is 0. The number of hydrogen-bond acceptors (Lipinski definition) is 2. The molecule has 0 spiro atoms. The number of rotatable bonds is 3. The van der Waals surface area contributed by atoms with Crippen molar-refractivity contribution in [3.8, 4) is 11.1 Å². The fourth-order valence-corrected chi connectivity index (χ4v) is 2.52. The van der Waals surface area contributed by atoms with Crippen LogP contribution >= 0.6 is 0 Å². The maximum absolute atomic E-state index is 11.9. The highest BCUT2D eigenvalue weighted by Gasteiger charge is 2.08. The third kappa shape index (κ3) is 2.39. The molecule has 0 atom stereocenters. The van der Waals surface area contributed by atoms with E-state index in [1.807, 2.05) is 31.2 Å². The Balaban J connectivity index is 2.02. The van der Waals surface area contributed by atoms with Crippen LogP contribution in [0.3, 0.4) is 0 Å². The molecule has 0 saturated carbocycles. The van der Waals surface area contributed by atoms with E-state index in [2.05, 4.69) is 0 Å². The van der Waals surface area contributed by atoms with Gasteiger partial charge in [0.1, 0.15) is 0 Å². The molecular formula is C18H15NO3. The van der Waals surface area contributed by atoms with Crippen molar-refractivity contribution in [1.82, 2.24) is 4.57 Å². The van der Waals surface area contributed by atoms with Crippen LogP contribution < -0.4 is 0 Å². The Morgan fingerprint density at radius 2 is 1.68 bits per heavy atom. The fourth-order valence-electron chi connectivity index (χ4n) is 2.52. The van der Waals surface area contributed by atoms with Crippen molar-refractivity contribution >= 4 is 22.8 Å². The number of carbonyl (C=O) groups is 2. The van der Waals surface area contributed by atoms with Crippen molar-refractivity contribution in [3.05, 3.63) is 60.3 Å². The Hall–Kier alpha value is -2.88. The molecular weight excluding hydrogens is 278 g/mol. The molecule has 0 fully saturated rings. The SMILES string of the molecule is CCC(=O)n1ccc2cc(-c3ccc(C(=O)O)cc3)ccc21. The van der Waals surface area contributed by atoms with Gasteiger partial charge in [0.15, 0.2) is 0 Å². The second kappa shape index (κ2) is 5.48. The summed E-state index contributed by atoms with van der Waals surface area (Å²) in [5.41, 5.74) is 3.09. The van der Waals surface area contributed by atoms with Crippen LogP contribution in [-0.4, -0.2) is 21.6 Å². The number of benzene rings is 2. The molecule has 110 valence electrons. The molecule has 4 nitrogen and oxygen atoms in total. The standard InChI is InChI=1S/C18H15NO3/c1-2-17(20)19-10-9-15-11-14(7-8-16(15)19)12-3-5-13(6-4-12)18(21)22/h3-11H,2H2,1H3,(H,21,22). The molecule has 2 aromatic carbocycles. The second-order valence-electron chi connectivity index (χ2n) is 5.09. The molecule has 3 rings (SSSR count). The first-order valence-electron chi connectivity index (χ1n) is 7.08. The number of carboxylic acids is 1. The lowest BCUT2D eigenvalue weighted by atomic mass is 10.0. The highest BCUT2D eigenvalue weighted by molar-refractivity contribution is 5.94. The van der Waals surface area contributed by atoms with E-state index in [0.717, 1.165) is 22.0 Å². The number of carboxylic acid groups (broad SMARTS) is 1. The summed E-state index contributed by atoms with van der Waals surface area (Å²) < 4.78 is 1.66. The van der Waals surface area contributed by atoms with E-state index in [0.29, 0.717) is 6.42 Å². The van der Waals surface area contributed by atoms with Gasteiger partial charge in [-0.25, -0.2) is 4.79 Å². The van der Waals surface area contributed by atoms with E-state index in [9.17, 15) is 9.59 Å². The van der Waals surface area contributed by atoms with Gasteiger partial charge in [0.25, 0.3) is 0 Å². The molecule has 0 saturated heterocycles. The lowest BCUT2D eigenvalue weighted by Gasteiger charge is -2.05. The van der Waals surface area contributed by atoms with Crippen molar-refractivity contribution in [3.63, 3.8) is 0 Å². The van der Waals surface area contributed by atoms with Crippen molar-refractivity contribution < 1.29 is 14.7 Å². The average molecular weight is 293 g/mol. The van der Waals surface area contributed by atoms with Crippen LogP contribution in [0.15, 0.2) is 54.7 Å². The minimum Gasteiger partial charge on any atom is -0.478 e. The second-order valence-corrected chi connectivity index (χ2v) is 5.09. The van der Waals surface area contributed by atoms with Gasteiger partial charge in [-0.1, -0.05) is 25.1 Å². The highest BCUT2D eigenvalue weighted by atomic mass is 16.4. The molecule has 0 unspecified atom stereocenters. The Morgan fingerprint density at radius 3 is 2.32 bits per heavy atom. The molecule has 0 aliphatic carbocycles. The topological polar surface area (TPSA) is 59.3 Å². The van der Waals surface area contributed by atoms with Crippen molar-refractivity contribution in [1.29, 1.82) is 0 Å². The van der Waals surface area contributed by atoms with Gasteiger partial charge in [-0.3, -0.25) is 9.36 Å². The molecule has 1 heterocycles. The van der Waals surface area contributed by atoms with Gasteiger partial charge in [-0.05, 0) is 41.5 Å². The summed E-state index contributed by atoms with van der Waals surface area (Å²) in [6.07, 6.45) is 2.25. The van der Waals surface area contributed by atoms with Crippen LogP contribution in [0.4, 0.5) is 0 Å². The highest BCUT2D eigenvalue weighted by Crippen LogP contribution is 2.25. The molecule has 1 N–H and O–H groups in total. The molecule has 0 aliphatic rings. The number of aromatic nitrogens is 1. The summed E-state index contributed by atoms with van der Waals surface area (Å²) in [5.74, 6) is -0.870. The lowest BCUT2D eigenvalue weighted by Crippen LogP contribution is -2.06. The summed E-state index contributed by atoms with van der Waals surface area (Å²) in [6.45, 7) is 1.84. The molecule has 0 radical (unpaired) electrons. The summed E-state index contributed by atoms with van der Waals surface area (Å²) in [4.78, 5) is 22.7. The Kier molecular flexibility index (Phi) is 3.51.